The van der Waals surface area contributed by atoms with Gasteiger partial charge in [0.05, 0.1) is 7.11 Å². The van der Waals surface area contributed by atoms with E-state index in [-0.39, 0.29) is 18.4 Å². The quantitative estimate of drug-likeness (QED) is 0.749. The predicted molar refractivity (Wildman–Crippen MR) is 104 cm³/mol. The van der Waals surface area contributed by atoms with E-state index in [2.05, 4.69) is 15.4 Å². The normalized spacial score (nSPS) is 14.5. The zero-order valence-electron chi connectivity index (χ0n) is 16.1. The highest BCUT2D eigenvalue weighted by molar-refractivity contribution is 5.99. The number of anilines is 1. The number of hydrogen-bond donors (Lipinski definition) is 1. The van der Waals surface area contributed by atoms with E-state index in [0.717, 1.165) is 19.6 Å². The van der Waals surface area contributed by atoms with Crippen molar-refractivity contribution in [2.45, 2.75) is 19.3 Å². The maximum atomic E-state index is 13.1. The minimum Gasteiger partial charge on any atom is -0.497 e. The van der Waals surface area contributed by atoms with E-state index >= 15 is 0 Å². The highest BCUT2D eigenvalue weighted by Gasteiger charge is 2.21. The summed E-state index contributed by atoms with van der Waals surface area (Å²) >= 11 is 0. The summed E-state index contributed by atoms with van der Waals surface area (Å²) in [6.07, 6.45) is 4.99. The molecule has 2 heterocycles. The zero-order chi connectivity index (χ0) is 19.8. The molecule has 0 bridgehead atoms. The number of amides is 2. The van der Waals surface area contributed by atoms with E-state index in [1.807, 2.05) is 0 Å². The Morgan fingerprint density at radius 3 is 2.79 bits per heavy atom. The SMILES string of the molecule is COc1cccc(C(=O)N(CCN2CCCCC2)CC(=O)Nc2ccon2)c1. The first kappa shape index (κ1) is 19.9. The lowest BCUT2D eigenvalue weighted by Gasteiger charge is -2.30. The number of likely N-dealkylation sites (tertiary alicyclic amines) is 1. The Balaban J connectivity index is 1.68. The molecule has 1 aromatic heterocycles. The van der Waals surface area contributed by atoms with E-state index in [9.17, 15) is 9.59 Å². The van der Waals surface area contributed by atoms with Crippen molar-refractivity contribution in [3.63, 3.8) is 0 Å². The molecule has 28 heavy (non-hydrogen) atoms. The summed E-state index contributed by atoms with van der Waals surface area (Å²) in [6, 6.07) is 8.52. The van der Waals surface area contributed by atoms with Crippen LogP contribution in [0.25, 0.3) is 0 Å². The van der Waals surface area contributed by atoms with Gasteiger partial charge in [0.15, 0.2) is 5.82 Å². The fraction of sp³-hybridized carbons (Fsp3) is 0.450. The van der Waals surface area contributed by atoms with Crippen molar-refractivity contribution in [2.24, 2.45) is 0 Å². The van der Waals surface area contributed by atoms with Gasteiger partial charge < -0.3 is 24.4 Å². The number of methoxy groups -OCH3 is 1. The number of rotatable bonds is 8. The van der Waals surface area contributed by atoms with Gasteiger partial charge in [-0.2, -0.15) is 0 Å². The number of nitrogens with zero attached hydrogens (tertiary/aromatic N) is 3. The number of aromatic nitrogens is 1. The maximum absolute atomic E-state index is 13.1. The maximum Gasteiger partial charge on any atom is 0.254 e. The van der Waals surface area contributed by atoms with Crippen LogP contribution in [0.5, 0.6) is 5.75 Å². The molecule has 8 heteroatoms. The van der Waals surface area contributed by atoms with Gasteiger partial charge in [0.1, 0.15) is 18.6 Å². The molecule has 0 spiro atoms. The Hall–Kier alpha value is -2.87. The van der Waals surface area contributed by atoms with Crippen LogP contribution in [-0.4, -0.2) is 66.6 Å². The van der Waals surface area contributed by atoms with Crippen molar-refractivity contribution in [2.75, 3.05) is 45.2 Å². The fourth-order valence-electron chi connectivity index (χ4n) is 3.27. The van der Waals surface area contributed by atoms with Crippen molar-refractivity contribution in [1.29, 1.82) is 0 Å². The van der Waals surface area contributed by atoms with Crippen LogP contribution < -0.4 is 10.1 Å². The molecule has 0 aliphatic carbocycles. The van der Waals surface area contributed by atoms with Gasteiger partial charge in [0, 0.05) is 24.7 Å². The molecule has 1 aliphatic heterocycles. The fourth-order valence-corrected chi connectivity index (χ4v) is 3.27. The average molecular weight is 386 g/mol. The van der Waals surface area contributed by atoms with Crippen LogP contribution in [0.3, 0.4) is 0 Å². The van der Waals surface area contributed by atoms with E-state index in [1.165, 1.54) is 25.5 Å². The number of piperidine rings is 1. The Kier molecular flexibility index (Phi) is 7.02. The summed E-state index contributed by atoms with van der Waals surface area (Å²) in [5, 5.41) is 6.32. The molecule has 150 valence electrons. The minimum atomic E-state index is -0.316. The van der Waals surface area contributed by atoms with Gasteiger partial charge in [-0.25, -0.2) is 0 Å². The Bertz CT molecular complexity index is 772. The second-order valence-electron chi connectivity index (χ2n) is 6.79. The van der Waals surface area contributed by atoms with Gasteiger partial charge in [0.25, 0.3) is 5.91 Å². The number of nitrogens with one attached hydrogen (secondary N) is 1. The van der Waals surface area contributed by atoms with E-state index < -0.39 is 0 Å². The van der Waals surface area contributed by atoms with Gasteiger partial charge in [-0.15, -0.1) is 0 Å². The van der Waals surface area contributed by atoms with Crippen molar-refractivity contribution >= 4 is 17.6 Å². The van der Waals surface area contributed by atoms with Gasteiger partial charge in [-0.1, -0.05) is 17.6 Å². The first-order chi connectivity index (χ1) is 13.7. The van der Waals surface area contributed by atoms with Crippen LogP contribution in [0, 0.1) is 0 Å². The monoisotopic (exact) mass is 386 g/mol. The highest BCUT2D eigenvalue weighted by Crippen LogP contribution is 2.15. The summed E-state index contributed by atoms with van der Waals surface area (Å²) in [5.41, 5.74) is 0.493. The third-order valence-electron chi connectivity index (χ3n) is 4.78. The van der Waals surface area contributed by atoms with Crippen LogP contribution in [0.4, 0.5) is 5.82 Å². The largest absolute Gasteiger partial charge is 0.497 e. The summed E-state index contributed by atoms with van der Waals surface area (Å²) < 4.78 is 9.94. The first-order valence-electron chi connectivity index (χ1n) is 9.51. The molecule has 1 N–H and O–H groups in total. The van der Waals surface area contributed by atoms with Gasteiger partial charge in [-0.3, -0.25) is 9.59 Å². The number of carbonyl (C=O) groups is 2. The van der Waals surface area contributed by atoms with Gasteiger partial charge >= 0.3 is 0 Å². The Labute approximate surface area is 164 Å². The number of ether oxygens (including phenoxy) is 1. The molecule has 0 atom stereocenters. The average Bonchev–Trinajstić information content (AvgIpc) is 3.24. The van der Waals surface area contributed by atoms with Crippen molar-refractivity contribution in [3.8, 4) is 5.75 Å². The third kappa shape index (κ3) is 5.56. The second-order valence-corrected chi connectivity index (χ2v) is 6.79. The lowest BCUT2D eigenvalue weighted by molar-refractivity contribution is -0.117. The van der Waals surface area contributed by atoms with Crippen LogP contribution >= 0.6 is 0 Å². The smallest absolute Gasteiger partial charge is 0.254 e. The van der Waals surface area contributed by atoms with E-state index in [4.69, 9.17) is 9.26 Å². The van der Waals surface area contributed by atoms with Crippen LogP contribution in [0.2, 0.25) is 0 Å². The van der Waals surface area contributed by atoms with Gasteiger partial charge in [-0.05, 0) is 44.1 Å². The third-order valence-corrected chi connectivity index (χ3v) is 4.78. The molecular formula is C20H26N4O4. The van der Waals surface area contributed by atoms with Crippen molar-refractivity contribution < 1.29 is 18.8 Å². The van der Waals surface area contributed by atoms with E-state index in [1.54, 1.807) is 42.3 Å². The first-order valence-corrected chi connectivity index (χ1v) is 9.51. The standard InChI is InChI=1S/C20H26N4O4/c1-27-17-7-5-6-16(14-17)20(26)24(12-11-23-9-3-2-4-10-23)15-19(25)21-18-8-13-28-22-18/h5-8,13-14H,2-4,9-12,15H2,1H3,(H,21,22,25). The topological polar surface area (TPSA) is 87.9 Å². The zero-order valence-corrected chi connectivity index (χ0v) is 16.1. The van der Waals surface area contributed by atoms with Crippen LogP contribution in [0.1, 0.15) is 29.6 Å². The molecule has 1 aromatic carbocycles. The summed E-state index contributed by atoms with van der Waals surface area (Å²) in [5.74, 6) is 0.415. The molecule has 0 unspecified atom stereocenters. The van der Waals surface area contributed by atoms with Crippen molar-refractivity contribution in [3.05, 3.63) is 42.2 Å². The second kappa shape index (κ2) is 9.89. The molecule has 0 saturated carbocycles. The summed E-state index contributed by atoms with van der Waals surface area (Å²) in [4.78, 5) is 29.4. The molecule has 3 rings (SSSR count). The molecule has 2 amide bonds. The molecule has 8 nitrogen and oxygen atoms in total. The minimum absolute atomic E-state index is 0.0588. The summed E-state index contributed by atoms with van der Waals surface area (Å²) in [7, 11) is 1.56. The van der Waals surface area contributed by atoms with E-state index in [0.29, 0.717) is 23.7 Å². The lowest BCUT2D eigenvalue weighted by atomic mass is 10.1. The molecular weight excluding hydrogens is 360 g/mol. The Morgan fingerprint density at radius 1 is 1.25 bits per heavy atom. The highest BCUT2D eigenvalue weighted by atomic mass is 16.5. The predicted octanol–water partition coefficient (Wildman–Crippen LogP) is 2.25. The number of hydrogen-bond acceptors (Lipinski definition) is 6. The molecule has 0 radical (unpaired) electrons. The van der Waals surface area contributed by atoms with Gasteiger partial charge in [0.2, 0.25) is 5.91 Å². The van der Waals surface area contributed by atoms with Crippen molar-refractivity contribution in [1.82, 2.24) is 15.0 Å². The molecule has 2 aromatic rings. The van der Waals surface area contributed by atoms with Crippen LogP contribution in [0.15, 0.2) is 41.1 Å². The Morgan fingerprint density at radius 2 is 2.07 bits per heavy atom. The molecule has 1 saturated heterocycles. The van der Waals surface area contributed by atoms with Crippen LogP contribution in [-0.2, 0) is 4.79 Å². The summed E-state index contributed by atoms with van der Waals surface area (Å²) in [6.45, 7) is 3.23. The molecule has 1 fully saturated rings. The lowest BCUT2D eigenvalue weighted by Crippen LogP contribution is -2.43. The number of benzene rings is 1. The number of carbonyl (C=O) groups excluding carboxylic acids is 2. The molecule has 1 aliphatic rings.